The van der Waals surface area contributed by atoms with E-state index in [9.17, 15) is 8.42 Å². The highest BCUT2D eigenvalue weighted by atomic mass is 32.2. The van der Waals surface area contributed by atoms with Gasteiger partial charge in [-0.1, -0.05) is 38.1 Å². The molecule has 0 saturated carbocycles. The van der Waals surface area contributed by atoms with Crippen molar-refractivity contribution < 1.29 is 17.9 Å². The number of nitrogens with one attached hydrogen (secondary N) is 1. The summed E-state index contributed by atoms with van der Waals surface area (Å²) in [4.78, 5) is 0.272. The Morgan fingerprint density at radius 1 is 1.16 bits per heavy atom. The van der Waals surface area contributed by atoms with E-state index in [2.05, 4.69) is 18.6 Å². The molecule has 6 heteroatoms. The lowest BCUT2D eigenvalue weighted by atomic mass is 10.0. The molecule has 1 atom stereocenters. The van der Waals surface area contributed by atoms with Crippen LogP contribution in [0.5, 0.6) is 11.5 Å². The Bertz CT molecular complexity index is 844. The molecule has 1 aliphatic heterocycles. The minimum atomic E-state index is -3.58. The van der Waals surface area contributed by atoms with Crippen molar-refractivity contribution in [2.45, 2.75) is 37.1 Å². The number of hydrogen-bond acceptors (Lipinski definition) is 4. The summed E-state index contributed by atoms with van der Waals surface area (Å²) >= 11 is 0. The molecule has 5 nitrogen and oxygen atoms in total. The van der Waals surface area contributed by atoms with Gasteiger partial charge >= 0.3 is 0 Å². The molecule has 1 N–H and O–H groups in total. The lowest BCUT2D eigenvalue weighted by Crippen LogP contribution is -2.42. The molecule has 134 valence electrons. The first-order valence-corrected chi connectivity index (χ1v) is 9.80. The fourth-order valence-electron chi connectivity index (χ4n) is 2.95. The maximum Gasteiger partial charge on any atom is 0.240 e. The first kappa shape index (κ1) is 17.8. The Kier molecular flexibility index (Phi) is 5.01. The molecular weight excluding hydrogens is 338 g/mol. The zero-order valence-electron chi connectivity index (χ0n) is 14.7. The first-order valence-electron chi connectivity index (χ1n) is 8.31. The summed E-state index contributed by atoms with van der Waals surface area (Å²) in [5.41, 5.74) is 2.05. The molecule has 0 spiro atoms. The third-order valence-corrected chi connectivity index (χ3v) is 5.89. The van der Waals surface area contributed by atoms with Crippen LogP contribution in [-0.2, 0) is 16.4 Å². The van der Waals surface area contributed by atoms with E-state index in [1.54, 1.807) is 19.2 Å². The largest absolute Gasteiger partial charge is 0.493 e. The van der Waals surface area contributed by atoms with Crippen LogP contribution in [-0.4, -0.2) is 28.2 Å². The Morgan fingerprint density at radius 2 is 1.88 bits per heavy atom. The number of sulfonamides is 1. The monoisotopic (exact) mass is 361 g/mol. The van der Waals surface area contributed by atoms with E-state index in [0.717, 1.165) is 11.1 Å². The van der Waals surface area contributed by atoms with Crippen molar-refractivity contribution in [1.82, 2.24) is 4.72 Å². The summed E-state index contributed by atoms with van der Waals surface area (Å²) < 4.78 is 39.0. The number of hydrogen-bond donors (Lipinski definition) is 1. The third kappa shape index (κ3) is 3.80. The molecule has 0 fully saturated rings. The SMILES string of the molecule is COc1cccc2c1OC[C@@H](NS(=O)(=O)c1ccc(C(C)C)cc1)C2. The van der Waals surface area contributed by atoms with E-state index in [0.29, 0.717) is 23.8 Å². The van der Waals surface area contributed by atoms with Gasteiger partial charge in [0, 0.05) is 0 Å². The first-order chi connectivity index (χ1) is 11.9. The molecule has 0 aliphatic carbocycles. The summed E-state index contributed by atoms with van der Waals surface area (Å²) in [7, 11) is -1.99. The standard InChI is InChI=1S/C19H23NO4S/c1-13(2)14-7-9-17(10-8-14)25(21,22)20-16-11-15-5-4-6-18(23-3)19(15)24-12-16/h4-10,13,16,20H,11-12H2,1-3H3/t16-/m0/s1. The van der Waals surface area contributed by atoms with Gasteiger partial charge in [-0.3, -0.25) is 0 Å². The van der Waals surface area contributed by atoms with Gasteiger partial charge in [-0.25, -0.2) is 13.1 Å². The molecule has 0 amide bonds. The van der Waals surface area contributed by atoms with Gasteiger partial charge in [0.05, 0.1) is 18.0 Å². The van der Waals surface area contributed by atoms with Gasteiger partial charge in [0.2, 0.25) is 10.0 Å². The molecule has 0 saturated heterocycles. The summed E-state index contributed by atoms with van der Waals surface area (Å²) in [5.74, 6) is 1.73. The highest BCUT2D eigenvalue weighted by Crippen LogP contribution is 2.34. The van der Waals surface area contributed by atoms with Crippen LogP contribution in [0.1, 0.15) is 30.9 Å². The number of para-hydroxylation sites is 1. The molecule has 2 aromatic carbocycles. The summed E-state index contributed by atoms with van der Waals surface area (Å²) in [6.07, 6.45) is 0.565. The smallest absolute Gasteiger partial charge is 0.240 e. The Balaban J connectivity index is 1.75. The molecule has 2 aromatic rings. The van der Waals surface area contributed by atoms with Crippen LogP contribution >= 0.6 is 0 Å². The van der Waals surface area contributed by atoms with E-state index < -0.39 is 10.0 Å². The van der Waals surface area contributed by atoms with Crippen LogP contribution in [0.15, 0.2) is 47.4 Å². The van der Waals surface area contributed by atoms with Gasteiger partial charge in [0.1, 0.15) is 6.61 Å². The van der Waals surface area contributed by atoms with Gasteiger partial charge < -0.3 is 9.47 Å². The molecule has 1 heterocycles. The maximum absolute atomic E-state index is 12.6. The highest BCUT2D eigenvalue weighted by molar-refractivity contribution is 7.89. The molecular formula is C19H23NO4S. The second-order valence-electron chi connectivity index (χ2n) is 6.51. The van der Waals surface area contributed by atoms with Gasteiger partial charge in [-0.2, -0.15) is 0 Å². The number of rotatable bonds is 5. The average molecular weight is 361 g/mol. The minimum Gasteiger partial charge on any atom is -0.493 e. The average Bonchev–Trinajstić information content (AvgIpc) is 2.60. The lowest BCUT2D eigenvalue weighted by molar-refractivity contribution is 0.240. The Hall–Kier alpha value is -2.05. The van der Waals surface area contributed by atoms with E-state index in [1.165, 1.54) is 0 Å². The second-order valence-corrected chi connectivity index (χ2v) is 8.22. The van der Waals surface area contributed by atoms with Crippen molar-refractivity contribution in [2.24, 2.45) is 0 Å². The van der Waals surface area contributed by atoms with Crippen LogP contribution in [0.2, 0.25) is 0 Å². The van der Waals surface area contributed by atoms with Crippen LogP contribution in [0.4, 0.5) is 0 Å². The fourth-order valence-corrected chi connectivity index (χ4v) is 4.17. The number of fused-ring (bicyclic) bond motifs is 1. The van der Waals surface area contributed by atoms with Crippen molar-refractivity contribution in [3.63, 3.8) is 0 Å². The Morgan fingerprint density at radius 3 is 2.52 bits per heavy atom. The lowest BCUT2D eigenvalue weighted by Gasteiger charge is -2.27. The van der Waals surface area contributed by atoms with Crippen molar-refractivity contribution in [2.75, 3.05) is 13.7 Å². The van der Waals surface area contributed by atoms with E-state index in [-0.39, 0.29) is 17.5 Å². The predicted octanol–water partition coefficient (Wildman–Crippen LogP) is 3.10. The van der Waals surface area contributed by atoms with Crippen LogP contribution < -0.4 is 14.2 Å². The van der Waals surface area contributed by atoms with Crippen LogP contribution in [0, 0.1) is 0 Å². The number of methoxy groups -OCH3 is 1. The quantitative estimate of drug-likeness (QED) is 0.889. The van der Waals surface area contributed by atoms with E-state index >= 15 is 0 Å². The fraction of sp³-hybridized carbons (Fsp3) is 0.368. The van der Waals surface area contributed by atoms with Crippen molar-refractivity contribution in [3.8, 4) is 11.5 Å². The summed E-state index contributed by atoms with van der Waals surface area (Å²) in [6.45, 7) is 4.43. The van der Waals surface area contributed by atoms with Crippen molar-refractivity contribution >= 4 is 10.0 Å². The van der Waals surface area contributed by atoms with Crippen molar-refractivity contribution in [3.05, 3.63) is 53.6 Å². The van der Waals surface area contributed by atoms with E-state index in [4.69, 9.17) is 9.47 Å². The molecule has 3 rings (SSSR count). The number of ether oxygens (including phenoxy) is 2. The van der Waals surface area contributed by atoms with Gasteiger partial charge in [0.15, 0.2) is 11.5 Å². The molecule has 0 unspecified atom stereocenters. The number of benzene rings is 2. The third-order valence-electron chi connectivity index (χ3n) is 4.35. The predicted molar refractivity (Wildman–Crippen MR) is 96.8 cm³/mol. The molecule has 0 bridgehead atoms. The van der Waals surface area contributed by atoms with Crippen LogP contribution in [0.3, 0.4) is 0 Å². The molecule has 1 aliphatic rings. The van der Waals surface area contributed by atoms with Gasteiger partial charge in [-0.15, -0.1) is 0 Å². The zero-order chi connectivity index (χ0) is 18.0. The van der Waals surface area contributed by atoms with E-state index in [1.807, 2.05) is 30.3 Å². The second kappa shape index (κ2) is 7.06. The highest BCUT2D eigenvalue weighted by Gasteiger charge is 2.27. The molecule has 25 heavy (non-hydrogen) atoms. The van der Waals surface area contributed by atoms with Crippen LogP contribution in [0.25, 0.3) is 0 Å². The minimum absolute atomic E-state index is 0.272. The normalized spacial score (nSPS) is 17.0. The summed E-state index contributed by atoms with van der Waals surface area (Å²) in [5, 5.41) is 0. The topological polar surface area (TPSA) is 64.6 Å². The van der Waals surface area contributed by atoms with Gasteiger partial charge in [-0.05, 0) is 41.7 Å². The molecule has 0 aromatic heterocycles. The molecule has 0 radical (unpaired) electrons. The Labute approximate surface area is 149 Å². The maximum atomic E-state index is 12.6. The summed E-state index contributed by atoms with van der Waals surface area (Å²) in [6, 6.07) is 12.3. The van der Waals surface area contributed by atoms with Gasteiger partial charge in [0.25, 0.3) is 0 Å². The zero-order valence-corrected chi connectivity index (χ0v) is 15.5. The van der Waals surface area contributed by atoms with Crippen molar-refractivity contribution in [1.29, 1.82) is 0 Å².